The first-order valence-electron chi connectivity index (χ1n) is 6.14. The first-order valence-corrected chi connectivity index (χ1v) is 6.14. The zero-order chi connectivity index (χ0) is 11.9. The van der Waals surface area contributed by atoms with Crippen LogP contribution in [0.3, 0.4) is 0 Å². The SMILES string of the molecule is O=[C]OC(Oc1ccccc1)C1CCCCC1. The van der Waals surface area contributed by atoms with Crippen molar-refractivity contribution in [2.45, 2.75) is 38.4 Å². The Hall–Kier alpha value is -1.51. The fourth-order valence-electron chi connectivity index (χ4n) is 2.30. The van der Waals surface area contributed by atoms with E-state index >= 15 is 0 Å². The molecule has 1 saturated carbocycles. The number of rotatable bonds is 5. The molecule has 0 aromatic heterocycles. The summed E-state index contributed by atoms with van der Waals surface area (Å²) in [4.78, 5) is 10.4. The molecule has 3 nitrogen and oxygen atoms in total. The van der Waals surface area contributed by atoms with Gasteiger partial charge in [-0.15, -0.1) is 0 Å². The lowest BCUT2D eigenvalue weighted by Crippen LogP contribution is -2.31. The molecule has 0 spiro atoms. The predicted molar refractivity (Wildman–Crippen MR) is 64.2 cm³/mol. The van der Waals surface area contributed by atoms with Crippen LogP contribution in [0.4, 0.5) is 0 Å². The molecule has 1 aliphatic carbocycles. The van der Waals surface area contributed by atoms with Crippen LogP contribution >= 0.6 is 0 Å². The van der Waals surface area contributed by atoms with Crippen LogP contribution in [0.15, 0.2) is 30.3 Å². The molecule has 1 unspecified atom stereocenters. The molecule has 1 aromatic rings. The van der Waals surface area contributed by atoms with Crippen LogP contribution in [0.1, 0.15) is 32.1 Å². The van der Waals surface area contributed by atoms with Crippen LogP contribution in [0.5, 0.6) is 5.75 Å². The van der Waals surface area contributed by atoms with E-state index in [0.717, 1.165) is 18.6 Å². The molecule has 0 amide bonds. The molecular weight excluding hydrogens is 216 g/mol. The normalized spacial score (nSPS) is 18.4. The van der Waals surface area contributed by atoms with E-state index in [2.05, 4.69) is 0 Å². The largest absolute Gasteiger partial charge is 0.454 e. The fraction of sp³-hybridized carbons (Fsp3) is 0.500. The molecule has 1 fully saturated rings. The second-order valence-corrected chi connectivity index (χ2v) is 4.40. The van der Waals surface area contributed by atoms with Crippen LogP contribution in [0.2, 0.25) is 0 Å². The number of ether oxygens (including phenoxy) is 2. The average molecular weight is 233 g/mol. The van der Waals surface area contributed by atoms with Gasteiger partial charge in [-0.05, 0) is 25.0 Å². The topological polar surface area (TPSA) is 35.5 Å². The van der Waals surface area contributed by atoms with Gasteiger partial charge < -0.3 is 9.47 Å². The molecule has 91 valence electrons. The minimum Gasteiger partial charge on any atom is -0.454 e. The standard InChI is InChI=1S/C14H17O3/c15-11-16-14(12-7-3-1-4-8-12)17-13-9-5-2-6-10-13/h2,5-6,9-10,12,14H,1,3-4,7-8H2. The summed E-state index contributed by atoms with van der Waals surface area (Å²) in [5.74, 6) is 1.03. The summed E-state index contributed by atoms with van der Waals surface area (Å²) in [6, 6.07) is 9.46. The van der Waals surface area contributed by atoms with Crippen molar-refractivity contribution < 1.29 is 14.3 Å². The van der Waals surface area contributed by atoms with Gasteiger partial charge in [-0.2, -0.15) is 0 Å². The lowest BCUT2D eigenvalue weighted by molar-refractivity contribution is -0.0621. The van der Waals surface area contributed by atoms with E-state index in [1.165, 1.54) is 25.7 Å². The molecule has 0 saturated heterocycles. The third-order valence-electron chi connectivity index (χ3n) is 3.19. The lowest BCUT2D eigenvalue weighted by Gasteiger charge is -2.28. The van der Waals surface area contributed by atoms with Gasteiger partial charge >= 0.3 is 6.47 Å². The van der Waals surface area contributed by atoms with Gasteiger partial charge in [0.1, 0.15) is 5.75 Å². The van der Waals surface area contributed by atoms with E-state index in [9.17, 15) is 4.79 Å². The van der Waals surface area contributed by atoms with Crippen LogP contribution in [0, 0.1) is 5.92 Å². The molecule has 1 atom stereocenters. The maximum absolute atomic E-state index is 10.4. The Balaban J connectivity index is 1.98. The van der Waals surface area contributed by atoms with Gasteiger partial charge in [0.15, 0.2) is 0 Å². The summed E-state index contributed by atoms with van der Waals surface area (Å²) in [7, 11) is 0. The molecule has 0 N–H and O–H groups in total. The van der Waals surface area contributed by atoms with Crippen LogP contribution < -0.4 is 4.74 Å². The second kappa shape index (κ2) is 6.28. The highest BCUT2D eigenvalue weighted by molar-refractivity contribution is 5.38. The fourth-order valence-corrected chi connectivity index (χ4v) is 2.30. The van der Waals surface area contributed by atoms with Gasteiger partial charge in [0, 0.05) is 5.92 Å². The predicted octanol–water partition coefficient (Wildman–Crippen LogP) is 3.06. The van der Waals surface area contributed by atoms with Crippen LogP contribution in [0.25, 0.3) is 0 Å². The summed E-state index contributed by atoms with van der Waals surface area (Å²) in [6.07, 6.45) is 5.25. The Morgan fingerprint density at radius 1 is 1.12 bits per heavy atom. The first-order chi connectivity index (χ1) is 8.40. The van der Waals surface area contributed by atoms with Crippen molar-refractivity contribution in [1.29, 1.82) is 0 Å². The highest BCUT2D eigenvalue weighted by Gasteiger charge is 2.26. The Bertz CT molecular complexity index is 331. The Labute approximate surface area is 102 Å². The summed E-state index contributed by atoms with van der Waals surface area (Å²) in [5, 5.41) is 0. The average Bonchev–Trinajstić information content (AvgIpc) is 2.40. The van der Waals surface area contributed by atoms with E-state index in [1.807, 2.05) is 30.3 Å². The molecular formula is C14H17O3. The van der Waals surface area contributed by atoms with E-state index in [0.29, 0.717) is 5.92 Å². The number of para-hydroxylation sites is 1. The smallest absolute Gasteiger partial charge is 0.420 e. The van der Waals surface area contributed by atoms with Crippen molar-refractivity contribution in [1.82, 2.24) is 0 Å². The van der Waals surface area contributed by atoms with Crippen molar-refractivity contribution in [3.8, 4) is 5.75 Å². The molecule has 0 aliphatic heterocycles. The van der Waals surface area contributed by atoms with E-state index in [1.54, 1.807) is 0 Å². The van der Waals surface area contributed by atoms with Crippen molar-refractivity contribution >= 4 is 6.47 Å². The third-order valence-corrected chi connectivity index (χ3v) is 3.19. The van der Waals surface area contributed by atoms with Crippen LogP contribution in [-0.2, 0) is 9.53 Å². The van der Waals surface area contributed by atoms with Crippen molar-refractivity contribution in [2.24, 2.45) is 5.92 Å². The summed E-state index contributed by atoms with van der Waals surface area (Å²) in [6.45, 7) is 1.51. The van der Waals surface area contributed by atoms with Gasteiger partial charge in [-0.25, -0.2) is 4.79 Å². The summed E-state index contributed by atoms with van der Waals surface area (Å²) < 4.78 is 10.7. The monoisotopic (exact) mass is 233 g/mol. The van der Waals surface area contributed by atoms with Crippen molar-refractivity contribution in [2.75, 3.05) is 0 Å². The highest BCUT2D eigenvalue weighted by Crippen LogP contribution is 2.29. The molecule has 3 heteroatoms. The number of carbonyl (C=O) groups excluding carboxylic acids is 1. The molecule has 0 heterocycles. The molecule has 1 aliphatic rings. The second-order valence-electron chi connectivity index (χ2n) is 4.40. The van der Waals surface area contributed by atoms with E-state index < -0.39 is 6.29 Å². The number of hydrogen-bond acceptors (Lipinski definition) is 3. The van der Waals surface area contributed by atoms with Crippen molar-refractivity contribution in [3.05, 3.63) is 30.3 Å². The highest BCUT2D eigenvalue weighted by atomic mass is 16.7. The lowest BCUT2D eigenvalue weighted by atomic mass is 9.89. The molecule has 2 rings (SSSR count). The zero-order valence-corrected chi connectivity index (χ0v) is 9.80. The molecule has 1 radical (unpaired) electrons. The Morgan fingerprint density at radius 2 is 1.82 bits per heavy atom. The zero-order valence-electron chi connectivity index (χ0n) is 9.80. The minimum absolute atomic E-state index is 0.297. The molecule has 17 heavy (non-hydrogen) atoms. The summed E-state index contributed by atoms with van der Waals surface area (Å²) in [5.41, 5.74) is 0. The van der Waals surface area contributed by atoms with Gasteiger partial charge in [-0.1, -0.05) is 37.5 Å². The molecule has 1 aromatic carbocycles. The van der Waals surface area contributed by atoms with E-state index in [-0.39, 0.29) is 0 Å². The number of benzene rings is 1. The Morgan fingerprint density at radius 3 is 2.47 bits per heavy atom. The third kappa shape index (κ3) is 3.48. The number of hydrogen-bond donors (Lipinski definition) is 0. The first kappa shape index (κ1) is 12.0. The summed E-state index contributed by atoms with van der Waals surface area (Å²) >= 11 is 0. The Kier molecular flexibility index (Phi) is 4.42. The van der Waals surface area contributed by atoms with Crippen molar-refractivity contribution in [3.63, 3.8) is 0 Å². The quantitative estimate of drug-likeness (QED) is 0.733. The van der Waals surface area contributed by atoms with Gasteiger partial charge in [0.2, 0.25) is 6.29 Å². The maximum Gasteiger partial charge on any atom is 0.420 e. The molecule has 0 bridgehead atoms. The van der Waals surface area contributed by atoms with Crippen LogP contribution in [-0.4, -0.2) is 12.8 Å². The van der Waals surface area contributed by atoms with Gasteiger partial charge in [-0.3, -0.25) is 0 Å². The van der Waals surface area contributed by atoms with Gasteiger partial charge in [0.05, 0.1) is 0 Å². The maximum atomic E-state index is 10.4. The van der Waals surface area contributed by atoms with E-state index in [4.69, 9.17) is 9.47 Å². The van der Waals surface area contributed by atoms with Gasteiger partial charge in [0.25, 0.3) is 0 Å². The minimum atomic E-state index is -0.491.